The second-order valence-corrected chi connectivity index (χ2v) is 7.36. The van der Waals surface area contributed by atoms with Gasteiger partial charge in [0.25, 0.3) is 0 Å². The average Bonchev–Trinajstić information content (AvgIpc) is 3.50. The van der Waals surface area contributed by atoms with Gasteiger partial charge < -0.3 is 10.6 Å². The molecule has 0 spiro atoms. The van der Waals surface area contributed by atoms with Crippen molar-refractivity contribution in [3.8, 4) is 0 Å². The molecular weight excluding hydrogens is 423 g/mol. The molecule has 0 bridgehead atoms. The van der Waals surface area contributed by atoms with E-state index in [4.69, 9.17) is 0 Å². The lowest BCUT2D eigenvalue weighted by molar-refractivity contribution is 0.256. The van der Waals surface area contributed by atoms with E-state index in [-0.39, 0.29) is 24.0 Å². The zero-order valence-corrected chi connectivity index (χ0v) is 17.9. The van der Waals surface area contributed by atoms with Crippen molar-refractivity contribution < 1.29 is 0 Å². The number of nitrogens with zero attached hydrogens (tertiary/aromatic N) is 2. The third kappa shape index (κ3) is 7.13. The van der Waals surface area contributed by atoms with E-state index in [9.17, 15) is 0 Å². The number of halogens is 1. The molecule has 1 atom stereocenters. The molecule has 2 aliphatic rings. The highest BCUT2D eigenvalue weighted by molar-refractivity contribution is 14.0. The molecule has 0 amide bonds. The van der Waals surface area contributed by atoms with Crippen LogP contribution in [-0.2, 0) is 0 Å². The number of hydrogen-bond donors (Lipinski definition) is 2. The number of rotatable bonds is 9. The van der Waals surface area contributed by atoms with Crippen LogP contribution in [0.5, 0.6) is 0 Å². The van der Waals surface area contributed by atoms with Crippen molar-refractivity contribution in [2.75, 3.05) is 33.2 Å². The van der Waals surface area contributed by atoms with Crippen LogP contribution in [0, 0.1) is 5.92 Å². The first-order valence-electron chi connectivity index (χ1n) is 9.49. The first-order valence-corrected chi connectivity index (χ1v) is 9.49. The summed E-state index contributed by atoms with van der Waals surface area (Å²) in [4.78, 5) is 7.05. The number of nitrogens with one attached hydrogen (secondary N) is 2. The highest BCUT2D eigenvalue weighted by Gasteiger charge is 2.33. The van der Waals surface area contributed by atoms with Crippen molar-refractivity contribution in [2.24, 2.45) is 10.9 Å². The first kappa shape index (κ1) is 20.5. The quantitative estimate of drug-likeness (QED) is 0.340. The zero-order valence-electron chi connectivity index (χ0n) is 15.6. The molecule has 0 aliphatic heterocycles. The van der Waals surface area contributed by atoms with Crippen LogP contribution in [0.1, 0.15) is 44.1 Å². The Balaban J connectivity index is 0.00000225. The summed E-state index contributed by atoms with van der Waals surface area (Å²) >= 11 is 0. The molecule has 1 aromatic rings. The van der Waals surface area contributed by atoms with Gasteiger partial charge in [-0.2, -0.15) is 0 Å². The van der Waals surface area contributed by atoms with Gasteiger partial charge in [0.05, 0.1) is 0 Å². The fourth-order valence-corrected chi connectivity index (χ4v) is 3.18. The van der Waals surface area contributed by atoms with Crippen molar-refractivity contribution in [3.63, 3.8) is 0 Å². The predicted octanol–water partition coefficient (Wildman–Crippen LogP) is 3.45. The smallest absolute Gasteiger partial charge is 0.191 e. The van der Waals surface area contributed by atoms with Crippen LogP contribution in [0.4, 0.5) is 0 Å². The van der Waals surface area contributed by atoms with Gasteiger partial charge in [-0.15, -0.1) is 24.0 Å². The summed E-state index contributed by atoms with van der Waals surface area (Å²) < 4.78 is 0. The third-order valence-corrected chi connectivity index (χ3v) is 5.11. The van der Waals surface area contributed by atoms with Crippen LogP contribution in [0.15, 0.2) is 35.3 Å². The number of hydrogen-bond acceptors (Lipinski definition) is 2. The summed E-state index contributed by atoms with van der Waals surface area (Å²) in [6.45, 7) is 6.57. The van der Waals surface area contributed by atoms with Gasteiger partial charge in [-0.1, -0.05) is 37.3 Å². The topological polar surface area (TPSA) is 39.7 Å². The first-order chi connectivity index (χ1) is 11.8. The van der Waals surface area contributed by atoms with E-state index in [2.05, 4.69) is 57.8 Å². The highest BCUT2D eigenvalue weighted by atomic mass is 127. The molecule has 1 unspecified atom stereocenters. The van der Waals surface area contributed by atoms with Gasteiger partial charge in [-0.05, 0) is 43.1 Å². The van der Waals surface area contributed by atoms with E-state index < -0.39 is 0 Å². The zero-order chi connectivity index (χ0) is 16.8. The highest BCUT2D eigenvalue weighted by Crippen LogP contribution is 2.34. The molecule has 2 N–H and O–H groups in total. The standard InChI is InChI=1S/C20H32N4.HI/c1-16(18-6-4-3-5-7-18)14-23-20(21-2)22-12-13-24(19-10-11-19)15-17-8-9-17;/h3-7,16-17,19H,8-15H2,1-2H3,(H2,21,22,23);1H. The largest absolute Gasteiger partial charge is 0.356 e. The van der Waals surface area contributed by atoms with Gasteiger partial charge in [0, 0.05) is 39.3 Å². The monoisotopic (exact) mass is 456 g/mol. The maximum Gasteiger partial charge on any atom is 0.191 e. The summed E-state index contributed by atoms with van der Waals surface area (Å²) in [5, 5.41) is 6.94. The Bertz CT molecular complexity index is 526. The third-order valence-electron chi connectivity index (χ3n) is 5.11. The Hall–Kier alpha value is -0.820. The lowest BCUT2D eigenvalue weighted by Crippen LogP contribution is -2.43. The van der Waals surface area contributed by atoms with Crippen LogP contribution in [0.2, 0.25) is 0 Å². The molecule has 4 nitrogen and oxygen atoms in total. The van der Waals surface area contributed by atoms with Crippen molar-refractivity contribution in [3.05, 3.63) is 35.9 Å². The predicted molar refractivity (Wildman–Crippen MR) is 117 cm³/mol. The molecule has 5 heteroatoms. The van der Waals surface area contributed by atoms with E-state index >= 15 is 0 Å². The van der Waals surface area contributed by atoms with Gasteiger partial charge in [-0.3, -0.25) is 9.89 Å². The second-order valence-electron chi connectivity index (χ2n) is 7.36. The minimum atomic E-state index is 0. The molecule has 2 aliphatic carbocycles. The lowest BCUT2D eigenvalue weighted by atomic mass is 10.0. The average molecular weight is 456 g/mol. The number of benzene rings is 1. The summed E-state index contributed by atoms with van der Waals surface area (Å²) in [6, 6.07) is 11.5. The Kier molecular flexibility index (Phi) is 8.49. The summed E-state index contributed by atoms with van der Waals surface area (Å²) in [5.41, 5.74) is 1.37. The van der Waals surface area contributed by atoms with E-state index in [0.717, 1.165) is 37.6 Å². The molecular formula is C20H33IN4. The van der Waals surface area contributed by atoms with E-state index in [0.29, 0.717) is 5.92 Å². The second kappa shape index (κ2) is 10.4. The van der Waals surface area contributed by atoms with Crippen LogP contribution in [0.25, 0.3) is 0 Å². The normalized spacial score (nSPS) is 18.6. The molecule has 0 aromatic heterocycles. The van der Waals surface area contributed by atoms with Gasteiger partial charge >= 0.3 is 0 Å². The Morgan fingerprint density at radius 1 is 1.16 bits per heavy atom. The van der Waals surface area contributed by atoms with Crippen molar-refractivity contribution in [2.45, 2.75) is 44.6 Å². The molecule has 2 saturated carbocycles. The van der Waals surface area contributed by atoms with E-state index in [1.54, 1.807) is 0 Å². The fraction of sp³-hybridized carbons (Fsp3) is 0.650. The maximum absolute atomic E-state index is 4.36. The summed E-state index contributed by atoms with van der Waals surface area (Å²) in [6.07, 6.45) is 5.68. The van der Waals surface area contributed by atoms with Crippen LogP contribution >= 0.6 is 24.0 Å². The Labute approximate surface area is 169 Å². The van der Waals surface area contributed by atoms with Crippen LogP contribution in [0.3, 0.4) is 0 Å². The maximum atomic E-state index is 4.36. The van der Waals surface area contributed by atoms with E-state index in [1.165, 1.54) is 37.8 Å². The Morgan fingerprint density at radius 3 is 2.48 bits per heavy atom. The molecule has 2 fully saturated rings. The van der Waals surface area contributed by atoms with Gasteiger partial charge in [0.1, 0.15) is 0 Å². The fourth-order valence-electron chi connectivity index (χ4n) is 3.18. The Morgan fingerprint density at radius 2 is 1.88 bits per heavy atom. The van der Waals surface area contributed by atoms with Gasteiger partial charge in [-0.25, -0.2) is 0 Å². The number of aliphatic imine (C=N–C) groups is 1. The molecule has 25 heavy (non-hydrogen) atoms. The summed E-state index contributed by atoms with van der Waals surface area (Å²) in [7, 11) is 1.85. The summed E-state index contributed by atoms with van der Waals surface area (Å²) in [5.74, 6) is 2.37. The minimum absolute atomic E-state index is 0. The molecule has 0 saturated heterocycles. The SMILES string of the molecule is CN=C(NCCN(CC1CC1)C1CC1)NCC(C)c1ccccc1.I. The molecule has 3 rings (SSSR count). The van der Waals surface area contributed by atoms with Crippen molar-refractivity contribution in [1.29, 1.82) is 0 Å². The van der Waals surface area contributed by atoms with Gasteiger partial charge in [0.2, 0.25) is 0 Å². The molecule has 1 aromatic carbocycles. The van der Waals surface area contributed by atoms with Gasteiger partial charge in [0.15, 0.2) is 5.96 Å². The van der Waals surface area contributed by atoms with Crippen LogP contribution in [-0.4, -0.2) is 50.1 Å². The van der Waals surface area contributed by atoms with E-state index in [1.807, 2.05) is 7.05 Å². The lowest BCUT2D eigenvalue weighted by Gasteiger charge is -2.23. The number of guanidine groups is 1. The minimum Gasteiger partial charge on any atom is -0.356 e. The van der Waals surface area contributed by atoms with Crippen molar-refractivity contribution >= 4 is 29.9 Å². The molecule has 0 heterocycles. The molecule has 140 valence electrons. The molecule has 0 radical (unpaired) electrons. The van der Waals surface area contributed by atoms with Crippen molar-refractivity contribution in [1.82, 2.24) is 15.5 Å². The van der Waals surface area contributed by atoms with Crippen LogP contribution < -0.4 is 10.6 Å².